The number of nitrogens with one attached hydrogen (secondary N) is 2. The lowest BCUT2D eigenvalue weighted by Crippen LogP contribution is -2.41. The van der Waals surface area contributed by atoms with Gasteiger partial charge in [0.2, 0.25) is 0 Å². The van der Waals surface area contributed by atoms with Crippen LogP contribution < -0.4 is 10.3 Å². The maximum atomic E-state index is 13.4. The first-order valence-electron chi connectivity index (χ1n) is 6.14. The Kier molecular flexibility index (Phi) is 4.80. The third-order valence-electron chi connectivity index (χ3n) is 2.79. The van der Waals surface area contributed by atoms with E-state index in [-0.39, 0.29) is 15.5 Å². The molecular weight excluding hydrogens is 331 g/mol. The van der Waals surface area contributed by atoms with Crippen LogP contribution in [0.3, 0.4) is 0 Å². The topological polar surface area (TPSA) is 75.3 Å². The van der Waals surface area contributed by atoms with Crippen molar-refractivity contribution in [3.8, 4) is 0 Å². The number of sulfonamides is 1. The zero-order chi connectivity index (χ0) is 16.3. The fraction of sp³-hybridized carbons (Fsp3) is 0.0714. The van der Waals surface area contributed by atoms with Crippen LogP contribution in [-0.4, -0.2) is 14.3 Å². The second kappa shape index (κ2) is 6.43. The Morgan fingerprint density at radius 2 is 1.86 bits per heavy atom. The van der Waals surface area contributed by atoms with Crippen molar-refractivity contribution in [3.05, 3.63) is 64.4 Å². The van der Waals surface area contributed by atoms with Gasteiger partial charge in [-0.2, -0.15) is 0 Å². The molecule has 2 rings (SSSR count). The summed E-state index contributed by atoms with van der Waals surface area (Å²) in [5.74, 6) is -1.67. The van der Waals surface area contributed by atoms with E-state index in [1.807, 2.05) is 10.3 Å². The lowest BCUT2D eigenvalue weighted by atomic mass is 10.2. The van der Waals surface area contributed by atoms with E-state index in [1.165, 1.54) is 30.3 Å². The number of hydrogen-bond acceptors (Lipinski definition) is 3. The van der Waals surface area contributed by atoms with Gasteiger partial charge in [0.05, 0.1) is 10.6 Å². The monoisotopic (exact) mass is 342 g/mol. The molecule has 0 aliphatic carbocycles. The van der Waals surface area contributed by atoms with Crippen LogP contribution in [-0.2, 0) is 10.0 Å². The SMILES string of the molecule is Cc1ccc(S(=O)(=O)NNC(=O)c2ccccc2F)c(Cl)c1. The van der Waals surface area contributed by atoms with E-state index in [4.69, 9.17) is 11.6 Å². The van der Waals surface area contributed by atoms with Gasteiger partial charge >= 0.3 is 0 Å². The smallest absolute Gasteiger partial charge is 0.269 e. The highest BCUT2D eigenvalue weighted by atomic mass is 35.5. The number of rotatable bonds is 4. The maximum Gasteiger partial charge on any atom is 0.269 e. The quantitative estimate of drug-likeness (QED) is 0.838. The molecule has 5 nitrogen and oxygen atoms in total. The molecule has 8 heteroatoms. The Bertz CT molecular complexity index is 825. The normalized spacial score (nSPS) is 11.2. The zero-order valence-electron chi connectivity index (χ0n) is 11.4. The summed E-state index contributed by atoms with van der Waals surface area (Å²) in [6, 6.07) is 9.58. The molecule has 0 aliphatic heterocycles. The van der Waals surface area contributed by atoms with E-state index >= 15 is 0 Å². The minimum Gasteiger partial charge on any atom is -0.273 e. The van der Waals surface area contributed by atoms with Crippen LogP contribution in [0.2, 0.25) is 5.02 Å². The maximum absolute atomic E-state index is 13.4. The second-order valence-corrected chi connectivity index (χ2v) is 6.53. The number of amides is 1. The van der Waals surface area contributed by atoms with Crippen LogP contribution in [0.15, 0.2) is 47.4 Å². The van der Waals surface area contributed by atoms with Crippen LogP contribution in [0.25, 0.3) is 0 Å². The number of hydrazine groups is 1. The van der Waals surface area contributed by atoms with Gasteiger partial charge in [0.25, 0.3) is 15.9 Å². The highest BCUT2D eigenvalue weighted by Crippen LogP contribution is 2.21. The minimum absolute atomic E-state index is 0.0210. The summed E-state index contributed by atoms with van der Waals surface area (Å²) in [5.41, 5.74) is 2.46. The van der Waals surface area contributed by atoms with Crippen molar-refractivity contribution in [2.45, 2.75) is 11.8 Å². The molecule has 2 aromatic rings. The average molecular weight is 343 g/mol. The van der Waals surface area contributed by atoms with Crippen molar-refractivity contribution in [2.24, 2.45) is 0 Å². The Morgan fingerprint density at radius 1 is 1.18 bits per heavy atom. The molecule has 0 atom stereocenters. The van der Waals surface area contributed by atoms with Crippen LogP contribution >= 0.6 is 11.6 Å². The van der Waals surface area contributed by atoms with Crippen molar-refractivity contribution in [2.75, 3.05) is 0 Å². The number of carbonyl (C=O) groups is 1. The number of carbonyl (C=O) groups excluding carboxylic acids is 1. The van der Waals surface area contributed by atoms with Gasteiger partial charge in [0.1, 0.15) is 10.7 Å². The fourth-order valence-corrected chi connectivity index (χ4v) is 3.14. The lowest BCUT2D eigenvalue weighted by molar-refractivity contribution is 0.0941. The summed E-state index contributed by atoms with van der Waals surface area (Å²) in [6.45, 7) is 1.76. The summed E-state index contributed by atoms with van der Waals surface area (Å²) >= 11 is 5.88. The molecule has 0 spiro atoms. The molecule has 0 fully saturated rings. The van der Waals surface area contributed by atoms with Crippen LogP contribution in [0.4, 0.5) is 4.39 Å². The first kappa shape index (κ1) is 16.4. The Hall–Kier alpha value is -1.96. The van der Waals surface area contributed by atoms with E-state index in [0.29, 0.717) is 0 Å². The molecule has 1 amide bonds. The standard InChI is InChI=1S/C14H12ClFN2O3S/c1-9-6-7-13(11(15)8-9)22(20,21)18-17-14(19)10-4-2-3-5-12(10)16/h2-8,18H,1H3,(H,17,19). The molecule has 2 aromatic carbocycles. The van der Waals surface area contributed by atoms with Gasteiger partial charge in [-0.3, -0.25) is 10.2 Å². The molecule has 0 unspecified atom stereocenters. The Balaban J connectivity index is 2.17. The number of hydrogen-bond donors (Lipinski definition) is 2. The molecular formula is C14H12ClFN2O3S. The second-order valence-electron chi connectivity index (χ2n) is 4.47. The van der Waals surface area contributed by atoms with E-state index in [0.717, 1.165) is 11.6 Å². The van der Waals surface area contributed by atoms with Crippen molar-refractivity contribution in [1.82, 2.24) is 10.3 Å². The molecule has 0 saturated heterocycles. The predicted molar refractivity (Wildman–Crippen MR) is 80.4 cm³/mol. The van der Waals surface area contributed by atoms with Crippen LogP contribution in [0.5, 0.6) is 0 Å². The van der Waals surface area contributed by atoms with E-state index in [1.54, 1.807) is 13.0 Å². The van der Waals surface area contributed by atoms with Gasteiger partial charge < -0.3 is 0 Å². The van der Waals surface area contributed by atoms with Gasteiger partial charge in [0.15, 0.2) is 0 Å². The Morgan fingerprint density at radius 3 is 2.50 bits per heavy atom. The summed E-state index contributed by atoms with van der Waals surface area (Å²) in [5, 5.41) is 0.0210. The van der Waals surface area contributed by atoms with Crippen molar-refractivity contribution < 1.29 is 17.6 Å². The molecule has 116 valence electrons. The number of halogens is 2. The van der Waals surface area contributed by atoms with Gasteiger partial charge in [-0.25, -0.2) is 12.8 Å². The third-order valence-corrected chi connectivity index (χ3v) is 4.52. The minimum atomic E-state index is -4.06. The van der Waals surface area contributed by atoms with E-state index in [2.05, 4.69) is 0 Å². The first-order chi connectivity index (χ1) is 10.3. The van der Waals surface area contributed by atoms with Crippen LogP contribution in [0, 0.1) is 12.7 Å². The summed E-state index contributed by atoms with van der Waals surface area (Å²) < 4.78 is 37.6. The highest BCUT2D eigenvalue weighted by molar-refractivity contribution is 7.89. The highest BCUT2D eigenvalue weighted by Gasteiger charge is 2.19. The molecule has 0 bridgehead atoms. The lowest BCUT2D eigenvalue weighted by Gasteiger charge is -2.10. The molecule has 2 N–H and O–H groups in total. The molecule has 0 aromatic heterocycles. The van der Waals surface area contributed by atoms with Gasteiger partial charge in [-0.15, -0.1) is 4.83 Å². The fourth-order valence-electron chi connectivity index (χ4n) is 1.71. The molecule has 0 saturated carbocycles. The zero-order valence-corrected chi connectivity index (χ0v) is 13.0. The van der Waals surface area contributed by atoms with Gasteiger partial charge in [0, 0.05) is 0 Å². The van der Waals surface area contributed by atoms with Crippen molar-refractivity contribution >= 4 is 27.5 Å². The predicted octanol–water partition coefficient (Wildman–Crippen LogP) is 2.41. The largest absolute Gasteiger partial charge is 0.273 e. The summed E-state index contributed by atoms with van der Waals surface area (Å²) in [6.07, 6.45) is 0. The number of benzene rings is 2. The molecule has 0 aliphatic rings. The van der Waals surface area contributed by atoms with E-state index in [9.17, 15) is 17.6 Å². The molecule has 22 heavy (non-hydrogen) atoms. The molecule has 0 radical (unpaired) electrons. The van der Waals surface area contributed by atoms with E-state index < -0.39 is 21.7 Å². The van der Waals surface area contributed by atoms with Gasteiger partial charge in [-0.05, 0) is 36.8 Å². The summed E-state index contributed by atoms with van der Waals surface area (Å²) in [4.78, 5) is 13.5. The summed E-state index contributed by atoms with van der Waals surface area (Å²) in [7, 11) is -4.06. The van der Waals surface area contributed by atoms with Crippen molar-refractivity contribution in [1.29, 1.82) is 0 Å². The van der Waals surface area contributed by atoms with Crippen molar-refractivity contribution in [3.63, 3.8) is 0 Å². The van der Waals surface area contributed by atoms with Crippen LogP contribution in [0.1, 0.15) is 15.9 Å². The van der Waals surface area contributed by atoms with Gasteiger partial charge in [-0.1, -0.05) is 29.8 Å². The average Bonchev–Trinajstić information content (AvgIpc) is 2.45. The number of aryl methyl sites for hydroxylation is 1. The third kappa shape index (κ3) is 3.62. The first-order valence-corrected chi connectivity index (χ1v) is 8.00. The molecule has 0 heterocycles. The Labute approximate surface area is 132 Å².